The third-order valence-electron chi connectivity index (χ3n) is 3.42. The Bertz CT molecular complexity index is 436. The normalized spacial score (nSPS) is 21.7. The molecule has 1 saturated heterocycles. The summed E-state index contributed by atoms with van der Waals surface area (Å²) >= 11 is 0. The van der Waals surface area contributed by atoms with Gasteiger partial charge in [0.25, 0.3) is 0 Å². The van der Waals surface area contributed by atoms with Crippen molar-refractivity contribution in [2.24, 2.45) is 0 Å². The predicted octanol–water partition coefficient (Wildman–Crippen LogP) is 2.17. The molecular formula is C14H19FN2O. The van der Waals surface area contributed by atoms with Crippen molar-refractivity contribution in [2.45, 2.75) is 19.4 Å². The Hall–Kier alpha value is -1.42. The van der Waals surface area contributed by atoms with Crippen LogP contribution in [-0.4, -0.2) is 43.9 Å². The van der Waals surface area contributed by atoms with Gasteiger partial charge in [0.15, 0.2) is 0 Å². The number of carbonyl (C=O) groups excluding carboxylic acids is 1. The summed E-state index contributed by atoms with van der Waals surface area (Å²) in [5.74, 6) is -0.348. The molecule has 1 aliphatic rings. The third-order valence-corrected chi connectivity index (χ3v) is 3.42. The molecule has 1 heterocycles. The Morgan fingerprint density at radius 1 is 1.33 bits per heavy atom. The van der Waals surface area contributed by atoms with Gasteiger partial charge in [-0.25, -0.2) is 4.39 Å². The average molecular weight is 250 g/mol. The van der Waals surface area contributed by atoms with E-state index in [1.54, 1.807) is 6.07 Å². The van der Waals surface area contributed by atoms with Gasteiger partial charge in [-0.2, -0.15) is 0 Å². The monoisotopic (exact) mass is 250 g/mol. The van der Waals surface area contributed by atoms with Gasteiger partial charge in [-0.3, -0.25) is 4.79 Å². The molecule has 1 aromatic rings. The zero-order valence-corrected chi connectivity index (χ0v) is 10.9. The first-order valence-corrected chi connectivity index (χ1v) is 6.31. The van der Waals surface area contributed by atoms with Crippen molar-refractivity contribution < 1.29 is 9.18 Å². The summed E-state index contributed by atoms with van der Waals surface area (Å²) < 4.78 is 13.5. The molecule has 1 fully saturated rings. The van der Waals surface area contributed by atoms with Crippen molar-refractivity contribution in [3.63, 3.8) is 0 Å². The van der Waals surface area contributed by atoms with Gasteiger partial charge in [0.2, 0.25) is 0 Å². The second-order valence-electron chi connectivity index (χ2n) is 5.02. The minimum atomic E-state index is -0.348. The van der Waals surface area contributed by atoms with E-state index < -0.39 is 0 Å². The molecule has 0 radical (unpaired) electrons. The van der Waals surface area contributed by atoms with Crippen LogP contribution in [0.4, 0.5) is 10.1 Å². The molecule has 2 rings (SSSR count). The van der Waals surface area contributed by atoms with Gasteiger partial charge in [-0.1, -0.05) is 0 Å². The highest BCUT2D eigenvalue weighted by molar-refractivity contribution is 5.77. The van der Waals surface area contributed by atoms with Crippen LogP contribution in [0, 0.1) is 5.82 Å². The van der Waals surface area contributed by atoms with E-state index in [2.05, 4.69) is 23.8 Å². The Morgan fingerprint density at radius 2 is 2.11 bits per heavy atom. The van der Waals surface area contributed by atoms with Crippen LogP contribution in [0.3, 0.4) is 0 Å². The maximum atomic E-state index is 13.5. The molecule has 0 bridgehead atoms. The minimum Gasteiger partial charge on any atom is -0.367 e. The van der Waals surface area contributed by atoms with Crippen LogP contribution in [0.15, 0.2) is 18.2 Å². The lowest BCUT2D eigenvalue weighted by Gasteiger charge is -2.30. The standard InChI is InChI=1S/C14H19FN2O/c1-11-9-16(2)4-3-5-17(11)14-7-12(10-18)6-13(15)8-14/h6-8,10-11H,3-5,9H2,1-2H3. The summed E-state index contributed by atoms with van der Waals surface area (Å²) in [7, 11) is 2.10. The van der Waals surface area contributed by atoms with Gasteiger partial charge in [0.1, 0.15) is 12.1 Å². The van der Waals surface area contributed by atoms with Crippen LogP contribution >= 0.6 is 0 Å². The van der Waals surface area contributed by atoms with Gasteiger partial charge in [-0.05, 0) is 45.1 Å². The Kier molecular flexibility index (Phi) is 3.97. The molecule has 0 saturated carbocycles. The van der Waals surface area contributed by atoms with E-state index in [1.165, 1.54) is 12.1 Å². The molecule has 4 heteroatoms. The highest BCUT2D eigenvalue weighted by Gasteiger charge is 2.20. The number of halogens is 1. The molecule has 0 aliphatic carbocycles. The molecule has 3 nitrogen and oxygen atoms in total. The van der Waals surface area contributed by atoms with Crippen LogP contribution in [0.2, 0.25) is 0 Å². The predicted molar refractivity (Wildman–Crippen MR) is 70.7 cm³/mol. The summed E-state index contributed by atoms with van der Waals surface area (Å²) in [6.45, 7) is 5.03. The van der Waals surface area contributed by atoms with Crippen LogP contribution in [0.5, 0.6) is 0 Å². The summed E-state index contributed by atoms with van der Waals surface area (Å²) in [6, 6.07) is 4.86. The second kappa shape index (κ2) is 5.48. The zero-order chi connectivity index (χ0) is 13.1. The van der Waals surface area contributed by atoms with E-state index in [0.717, 1.165) is 31.7 Å². The topological polar surface area (TPSA) is 23.6 Å². The largest absolute Gasteiger partial charge is 0.367 e. The fraction of sp³-hybridized carbons (Fsp3) is 0.500. The van der Waals surface area contributed by atoms with Crippen molar-refractivity contribution in [2.75, 3.05) is 31.6 Å². The summed E-state index contributed by atoms with van der Waals surface area (Å²) in [6.07, 6.45) is 1.75. The van der Waals surface area contributed by atoms with Crippen molar-refractivity contribution >= 4 is 12.0 Å². The molecule has 0 aromatic heterocycles. The quantitative estimate of drug-likeness (QED) is 0.752. The Labute approximate surface area is 107 Å². The molecule has 0 amide bonds. The molecule has 18 heavy (non-hydrogen) atoms. The third kappa shape index (κ3) is 2.88. The number of nitrogens with zero attached hydrogens (tertiary/aromatic N) is 2. The van der Waals surface area contributed by atoms with Crippen molar-refractivity contribution in [1.29, 1.82) is 0 Å². The van der Waals surface area contributed by atoms with E-state index in [-0.39, 0.29) is 5.82 Å². The van der Waals surface area contributed by atoms with E-state index >= 15 is 0 Å². The maximum Gasteiger partial charge on any atom is 0.150 e. The SMILES string of the molecule is CC1CN(C)CCCN1c1cc(F)cc(C=O)c1. The summed E-state index contributed by atoms with van der Waals surface area (Å²) in [4.78, 5) is 15.3. The Balaban J connectivity index is 2.28. The van der Waals surface area contributed by atoms with Gasteiger partial charge in [-0.15, -0.1) is 0 Å². The highest BCUT2D eigenvalue weighted by Crippen LogP contribution is 2.22. The first-order chi connectivity index (χ1) is 8.60. The highest BCUT2D eigenvalue weighted by atomic mass is 19.1. The summed E-state index contributed by atoms with van der Waals surface area (Å²) in [5, 5.41) is 0. The van der Waals surface area contributed by atoms with Crippen molar-refractivity contribution in [1.82, 2.24) is 4.90 Å². The minimum absolute atomic E-state index is 0.318. The van der Waals surface area contributed by atoms with Gasteiger partial charge < -0.3 is 9.80 Å². The molecule has 1 unspecified atom stereocenters. The Morgan fingerprint density at radius 3 is 2.83 bits per heavy atom. The van der Waals surface area contributed by atoms with Crippen LogP contribution in [-0.2, 0) is 0 Å². The van der Waals surface area contributed by atoms with Crippen LogP contribution in [0.1, 0.15) is 23.7 Å². The number of carbonyl (C=O) groups is 1. The average Bonchev–Trinajstić information content (AvgIpc) is 2.49. The van der Waals surface area contributed by atoms with Gasteiger partial charge >= 0.3 is 0 Å². The van der Waals surface area contributed by atoms with Gasteiger partial charge in [0, 0.05) is 30.4 Å². The van der Waals surface area contributed by atoms with E-state index in [4.69, 9.17) is 0 Å². The van der Waals surface area contributed by atoms with Crippen LogP contribution < -0.4 is 4.90 Å². The first kappa shape index (κ1) is 13.0. The molecule has 1 aliphatic heterocycles. The van der Waals surface area contributed by atoms with E-state index in [0.29, 0.717) is 17.9 Å². The fourth-order valence-electron chi connectivity index (χ4n) is 2.59. The zero-order valence-electron chi connectivity index (χ0n) is 10.9. The molecule has 0 N–H and O–H groups in total. The van der Waals surface area contributed by atoms with E-state index in [1.807, 2.05) is 0 Å². The number of hydrogen-bond acceptors (Lipinski definition) is 3. The van der Waals surface area contributed by atoms with Crippen LogP contribution in [0.25, 0.3) is 0 Å². The number of benzene rings is 1. The van der Waals surface area contributed by atoms with E-state index in [9.17, 15) is 9.18 Å². The summed E-state index contributed by atoms with van der Waals surface area (Å²) in [5.41, 5.74) is 1.20. The van der Waals surface area contributed by atoms with Crippen molar-refractivity contribution in [3.05, 3.63) is 29.6 Å². The lowest BCUT2D eigenvalue weighted by Crippen LogP contribution is -2.38. The number of aldehydes is 1. The molecular weight excluding hydrogens is 231 g/mol. The smallest absolute Gasteiger partial charge is 0.150 e. The molecule has 1 atom stereocenters. The molecule has 0 spiro atoms. The first-order valence-electron chi connectivity index (χ1n) is 6.31. The maximum absolute atomic E-state index is 13.5. The lowest BCUT2D eigenvalue weighted by molar-refractivity contribution is 0.112. The van der Waals surface area contributed by atoms with Crippen molar-refractivity contribution in [3.8, 4) is 0 Å². The second-order valence-corrected chi connectivity index (χ2v) is 5.02. The molecule has 98 valence electrons. The number of hydrogen-bond donors (Lipinski definition) is 0. The van der Waals surface area contributed by atoms with Gasteiger partial charge in [0.05, 0.1) is 0 Å². The number of rotatable bonds is 2. The lowest BCUT2D eigenvalue weighted by atomic mass is 10.1. The number of anilines is 1. The fourth-order valence-corrected chi connectivity index (χ4v) is 2.59. The number of likely N-dealkylation sites (N-methyl/N-ethyl adjacent to an activating group) is 1. The molecule has 1 aromatic carbocycles.